The Bertz CT molecular complexity index is 1050. The Labute approximate surface area is 175 Å². The fourth-order valence-corrected chi connectivity index (χ4v) is 2.77. The molecule has 146 valence electrons. The Balaban J connectivity index is 1.38. The second kappa shape index (κ2) is 9.85. The summed E-state index contributed by atoms with van der Waals surface area (Å²) in [6.45, 7) is 0. The average molecular weight is 392 g/mol. The van der Waals surface area contributed by atoms with E-state index in [1.165, 1.54) is 0 Å². The van der Waals surface area contributed by atoms with Gasteiger partial charge in [0.05, 0.1) is 12.4 Å². The van der Waals surface area contributed by atoms with Crippen LogP contribution in [0.2, 0.25) is 0 Å². The lowest BCUT2D eigenvalue weighted by Gasteiger charge is -2.05. The molecule has 0 radical (unpaired) electrons. The monoisotopic (exact) mass is 392 g/mol. The third-order valence-corrected chi connectivity index (χ3v) is 4.15. The molecular weight excluding hydrogens is 372 g/mol. The van der Waals surface area contributed by atoms with Gasteiger partial charge >= 0.3 is 0 Å². The van der Waals surface area contributed by atoms with E-state index < -0.39 is 0 Å². The predicted octanol–water partition coefficient (Wildman–Crippen LogP) is 6.72. The number of hydrogen-bond donors (Lipinski definition) is 0. The molecule has 0 saturated carbocycles. The maximum atomic E-state index is 5.84. The van der Waals surface area contributed by atoms with Crippen LogP contribution in [-0.2, 0) is 0 Å². The van der Waals surface area contributed by atoms with E-state index in [-0.39, 0.29) is 0 Å². The lowest BCUT2D eigenvalue weighted by Crippen LogP contribution is -1.87. The maximum absolute atomic E-state index is 5.84. The number of para-hydroxylation sites is 2. The molecule has 4 aromatic rings. The minimum Gasteiger partial charge on any atom is -0.457 e. The van der Waals surface area contributed by atoms with Gasteiger partial charge in [-0.1, -0.05) is 60.7 Å². The van der Waals surface area contributed by atoms with Crippen molar-refractivity contribution in [3.63, 3.8) is 0 Å². The van der Waals surface area contributed by atoms with Crippen molar-refractivity contribution in [3.8, 4) is 23.0 Å². The van der Waals surface area contributed by atoms with Crippen LogP contribution in [0, 0.1) is 0 Å². The van der Waals surface area contributed by atoms with Gasteiger partial charge in [0.15, 0.2) is 0 Å². The Morgan fingerprint density at radius 2 is 0.833 bits per heavy atom. The third-order valence-electron chi connectivity index (χ3n) is 4.15. The normalized spacial score (nSPS) is 11.1. The second-order valence-electron chi connectivity index (χ2n) is 6.46. The summed E-state index contributed by atoms with van der Waals surface area (Å²) >= 11 is 0. The van der Waals surface area contributed by atoms with E-state index in [2.05, 4.69) is 10.2 Å². The van der Waals surface area contributed by atoms with Crippen LogP contribution in [0.15, 0.2) is 119 Å². The third kappa shape index (κ3) is 5.66. The summed E-state index contributed by atoms with van der Waals surface area (Å²) < 4.78 is 11.7. The van der Waals surface area contributed by atoms with Crippen LogP contribution in [0.1, 0.15) is 11.1 Å². The SMILES string of the molecule is C(=N\N=C\c1cccc(Oc2ccccc2)c1)/c1cccc(Oc2ccccc2)c1. The number of nitrogens with zero attached hydrogens (tertiary/aromatic N) is 2. The van der Waals surface area contributed by atoms with Crippen molar-refractivity contribution in [2.45, 2.75) is 0 Å². The van der Waals surface area contributed by atoms with Crippen LogP contribution < -0.4 is 9.47 Å². The number of benzene rings is 4. The molecule has 0 N–H and O–H groups in total. The van der Waals surface area contributed by atoms with Crippen LogP contribution in [-0.4, -0.2) is 12.4 Å². The maximum Gasteiger partial charge on any atom is 0.128 e. The fourth-order valence-electron chi connectivity index (χ4n) is 2.77. The molecule has 4 heteroatoms. The fraction of sp³-hybridized carbons (Fsp3) is 0. The van der Waals surface area contributed by atoms with Gasteiger partial charge in [-0.2, -0.15) is 10.2 Å². The predicted molar refractivity (Wildman–Crippen MR) is 121 cm³/mol. The van der Waals surface area contributed by atoms with E-state index in [0.717, 1.165) is 34.1 Å². The van der Waals surface area contributed by atoms with Crippen LogP contribution in [0.3, 0.4) is 0 Å². The molecule has 0 atom stereocenters. The standard InChI is InChI=1S/C26H20N2O2/c1-3-11-23(12-4-1)29-25-15-7-9-21(17-25)19-27-28-20-22-10-8-16-26(18-22)30-24-13-5-2-6-14-24/h1-20H/b27-19+,28-20+. The molecule has 0 unspecified atom stereocenters. The smallest absolute Gasteiger partial charge is 0.128 e. The highest BCUT2D eigenvalue weighted by Gasteiger charge is 1.98. The highest BCUT2D eigenvalue weighted by Crippen LogP contribution is 2.22. The van der Waals surface area contributed by atoms with Crippen molar-refractivity contribution < 1.29 is 9.47 Å². The van der Waals surface area contributed by atoms with Gasteiger partial charge in [0, 0.05) is 0 Å². The van der Waals surface area contributed by atoms with Gasteiger partial charge < -0.3 is 9.47 Å². The van der Waals surface area contributed by atoms with Crippen LogP contribution >= 0.6 is 0 Å². The molecule has 0 amide bonds. The molecule has 0 saturated heterocycles. The van der Waals surface area contributed by atoms with Crippen molar-refractivity contribution in [1.82, 2.24) is 0 Å². The summed E-state index contributed by atoms with van der Waals surface area (Å²) in [6, 6.07) is 34.7. The summed E-state index contributed by atoms with van der Waals surface area (Å²) in [5.74, 6) is 3.09. The topological polar surface area (TPSA) is 43.2 Å². The van der Waals surface area contributed by atoms with Crippen molar-refractivity contribution >= 4 is 12.4 Å². The van der Waals surface area contributed by atoms with Gasteiger partial charge in [-0.3, -0.25) is 0 Å². The molecule has 4 aromatic carbocycles. The van der Waals surface area contributed by atoms with Gasteiger partial charge in [0.25, 0.3) is 0 Å². The van der Waals surface area contributed by atoms with Crippen molar-refractivity contribution in [2.24, 2.45) is 10.2 Å². The van der Waals surface area contributed by atoms with Crippen LogP contribution in [0.4, 0.5) is 0 Å². The molecule has 0 aliphatic rings. The van der Waals surface area contributed by atoms with Gasteiger partial charge in [-0.25, -0.2) is 0 Å². The van der Waals surface area contributed by atoms with Gasteiger partial charge in [-0.15, -0.1) is 0 Å². The second-order valence-corrected chi connectivity index (χ2v) is 6.46. The zero-order valence-corrected chi connectivity index (χ0v) is 16.3. The first kappa shape index (κ1) is 19.2. The van der Waals surface area contributed by atoms with Crippen molar-refractivity contribution in [1.29, 1.82) is 0 Å². The van der Waals surface area contributed by atoms with E-state index in [1.54, 1.807) is 12.4 Å². The highest BCUT2D eigenvalue weighted by atomic mass is 16.5. The Morgan fingerprint density at radius 1 is 0.433 bits per heavy atom. The first-order valence-electron chi connectivity index (χ1n) is 9.57. The molecule has 4 rings (SSSR count). The van der Waals surface area contributed by atoms with E-state index in [1.807, 2.05) is 109 Å². The molecule has 0 aliphatic carbocycles. The van der Waals surface area contributed by atoms with Crippen LogP contribution in [0.5, 0.6) is 23.0 Å². The highest BCUT2D eigenvalue weighted by molar-refractivity contribution is 5.83. The lowest BCUT2D eigenvalue weighted by atomic mass is 10.2. The summed E-state index contributed by atoms with van der Waals surface area (Å²) in [5, 5.41) is 8.29. The quantitative estimate of drug-likeness (QED) is 0.259. The van der Waals surface area contributed by atoms with Crippen molar-refractivity contribution in [2.75, 3.05) is 0 Å². The Hall–Kier alpha value is -4.18. The van der Waals surface area contributed by atoms with Crippen molar-refractivity contribution in [3.05, 3.63) is 120 Å². The molecule has 0 fully saturated rings. The Kier molecular flexibility index (Phi) is 6.28. The molecule has 30 heavy (non-hydrogen) atoms. The lowest BCUT2D eigenvalue weighted by molar-refractivity contribution is 0.482. The molecule has 0 bridgehead atoms. The van der Waals surface area contributed by atoms with E-state index in [4.69, 9.17) is 9.47 Å². The number of hydrogen-bond acceptors (Lipinski definition) is 4. The largest absolute Gasteiger partial charge is 0.457 e. The zero-order valence-electron chi connectivity index (χ0n) is 16.3. The Morgan fingerprint density at radius 3 is 1.27 bits per heavy atom. The van der Waals surface area contributed by atoms with Gasteiger partial charge in [-0.05, 0) is 59.7 Å². The minimum atomic E-state index is 0.750. The number of ether oxygens (including phenoxy) is 2. The molecule has 0 aliphatic heterocycles. The number of rotatable bonds is 7. The van der Waals surface area contributed by atoms with E-state index >= 15 is 0 Å². The first-order chi connectivity index (χ1) is 14.8. The summed E-state index contributed by atoms with van der Waals surface area (Å²) in [5.41, 5.74) is 1.81. The average Bonchev–Trinajstić information content (AvgIpc) is 2.79. The van der Waals surface area contributed by atoms with E-state index in [9.17, 15) is 0 Å². The molecule has 0 aromatic heterocycles. The minimum absolute atomic E-state index is 0.750. The summed E-state index contributed by atoms with van der Waals surface area (Å²) in [6.07, 6.45) is 3.39. The zero-order chi connectivity index (χ0) is 20.4. The molecular formula is C26H20N2O2. The van der Waals surface area contributed by atoms with Crippen LogP contribution in [0.25, 0.3) is 0 Å². The molecule has 0 heterocycles. The van der Waals surface area contributed by atoms with E-state index in [0.29, 0.717) is 0 Å². The first-order valence-corrected chi connectivity index (χ1v) is 9.57. The molecule has 4 nitrogen and oxygen atoms in total. The summed E-state index contributed by atoms with van der Waals surface area (Å²) in [7, 11) is 0. The van der Waals surface area contributed by atoms with Gasteiger partial charge in [0.1, 0.15) is 23.0 Å². The summed E-state index contributed by atoms with van der Waals surface area (Å²) in [4.78, 5) is 0. The van der Waals surface area contributed by atoms with Gasteiger partial charge in [0.2, 0.25) is 0 Å². The molecule has 0 spiro atoms.